The van der Waals surface area contributed by atoms with E-state index in [-0.39, 0.29) is 5.54 Å². The Balaban J connectivity index is 1.66. The summed E-state index contributed by atoms with van der Waals surface area (Å²) in [7, 11) is 1.86. The molecule has 1 atom stereocenters. The first-order valence-electron chi connectivity index (χ1n) is 9.30. The van der Waals surface area contributed by atoms with Crippen molar-refractivity contribution in [2.45, 2.75) is 39.3 Å². The maximum atomic E-state index is 5.90. The zero-order valence-electron chi connectivity index (χ0n) is 16.2. The molecule has 0 radical (unpaired) electrons. The summed E-state index contributed by atoms with van der Waals surface area (Å²) in [5.41, 5.74) is 1.39. The van der Waals surface area contributed by atoms with Crippen LogP contribution in [0.4, 0.5) is 0 Å². The smallest absolute Gasteiger partial charge is 0.193 e. The predicted octanol–water partition coefficient (Wildman–Crippen LogP) is 2.49. The van der Waals surface area contributed by atoms with Crippen LogP contribution in [0.2, 0.25) is 0 Å². The number of guanidine groups is 1. The number of benzene rings is 1. The molecule has 1 aromatic rings. The van der Waals surface area contributed by atoms with E-state index in [1.807, 2.05) is 13.1 Å². The summed E-state index contributed by atoms with van der Waals surface area (Å²) in [6, 6.07) is 10.4. The Morgan fingerprint density at radius 1 is 1.24 bits per heavy atom. The molecule has 1 aliphatic heterocycles. The summed E-state index contributed by atoms with van der Waals surface area (Å²) in [5.74, 6) is 1.58. The lowest BCUT2D eigenvalue weighted by atomic mass is 10.1. The zero-order chi connectivity index (χ0) is 18.1. The van der Waals surface area contributed by atoms with Gasteiger partial charge in [-0.2, -0.15) is 0 Å². The molecule has 5 nitrogen and oxygen atoms in total. The minimum absolute atomic E-state index is 0.153. The van der Waals surface area contributed by atoms with Crippen LogP contribution < -0.4 is 10.6 Å². The van der Waals surface area contributed by atoms with Crippen LogP contribution in [0.15, 0.2) is 35.3 Å². The number of ether oxygens (including phenoxy) is 1. The van der Waals surface area contributed by atoms with Crippen molar-refractivity contribution in [1.82, 2.24) is 15.5 Å². The lowest BCUT2D eigenvalue weighted by Crippen LogP contribution is -2.45. The van der Waals surface area contributed by atoms with E-state index in [1.165, 1.54) is 5.56 Å². The van der Waals surface area contributed by atoms with Crippen LogP contribution in [-0.2, 0) is 11.3 Å². The molecule has 1 saturated heterocycles. The largest absolute Gasteiger partial charge is 0.376 e. The average molecular weight is 347 g/mol. The third-order valence-electron chi connectivity index (χ3n) is 4.33. The maximum absolute atomic E-state index is 5.90. The zero-order valence-corrected chi connectivity index (χ0v) is 16.2. The van der Waals surface area contributed by atoms with Crippen molar-refractivity contribution >= 4 is 5.96 Å². The molecule has 25 heavy (non-hydrogen) atoms. The molecular formula is C20H34N4O. The Morgan fingerprint density at radius 2 is 2.00 bits per heavy atom. The predicted molar refractivity (Wildman–Crippen MR) is 105 cm³/mol. The van der Waals surface area contributed by atoms with E-state index in [4.69, 9.17) is 4.74 Å². The molecule has 1 heterocycles. The van der Waals surface area contributed by atoms with Gasteiger partial charge in [0.05, 0.1) is 13.2 Å². The van der Waals surface area contributed by atoms with E-state index in [0.717, 1.165) is 45.2 Å². The summed E-state index contributed by atoms with van der Waals surface area (Å²) < 4.78 is 5.90. The minimum Gasteiger partial charge on any atom is -0.376 e. The Morgan fingerprint density at radius 3 is 2.68 bits per heavy atom. The van der Waals surface area contributed by atoms with Crippen LogP contribution in [0, 0.1) is 5.92 Å². The molecule has 0 amide bonds. The first-order valence-corrected chi connectivity index (χ1v) is 9.30. The van der Waals surface area contributed by atoms with Gasteiger partial charge in [-0.3, -0.25) is 4.99 Å². The molecule has 1 unspecified atom stereocenters. The molecule has 5 heteroatoms. The van der Waals surface area contributed by atoms with E-state index in [0.29, 0.717) is 12.5 Å². The van der Waals surface area contributed by atoms with Gasteiger partial charge in [0, 0.05) is 44.7 Å². The molecule has 1 aliphatic rings. The van der Waals surface area contributed by atoms with Crippen molar-refractivity contribution in [2.24, 2.45) is 10.9 Å². The van der Waals surface area contributed by atoms with Crippen LogP contribution >= 0.6 is 0 Å². The first-order chi connectivity index (χ1) is 12.0. The summed E-state index contributed by atoms with van der Waals surface area (Å²) in [5, 5.41) is 6.95. The number of hydrogen-bond donors (Lipinski definition) is 2. The van der Waals surface area contributed by atoms with Gasteiger partial charge in [0.1, 0.15) is 0 Å². The summed E-state index contributed by atoms with van der Waals surface area (Å²) in [6.07, 6.45) is 1.16. The molecule has 2 N–H and O–H groups in total. The number of nitrogens with zero attached hydrogens (tertiary/aromatic N) is 2. The van der Waals surface area contributed by atoms with E-state index in [2.05, 4.69) is 65.6 Å². The fourth-order valence-corrected chi connectivity index (χ4v) is 3.02. The molecule has 0 spiro atoms. The van der Waals surface area contributed by atoms with Gasteiger partial charge in [0.25, 0.3) is 0 Å². The highest BCUT2D eigenvalue weighted by molar-refractivity contribution is 5.80. The van der Waals surface area contributed by atoms with E-state index in [1.54, 1.807) is 0 Å². The van der Waals surface area contributed by atoms with E-state index >= 15 is 0 Å². The SMILES string of the molecule is CN=C(NCCNC(C)(C)C)N1CCC(COCc2ccccc2)C1. The topological polar surface area (TPSA) is 48.9 Å². The summed E-state index contributed by atoms with van der Waals surface area (Å²) in [6.45, 7) is 11.9. The Labute approximate surface area is 152 Å². The molecule has 1 fully saturated rings. The van der Waals surface area contributed by atoms with Crippen molar-refractivity contribution < 1.29 is 4.74 Å². The molecule has 1 aromatic carbocycles. The fraction of sp³-hybridized carbons (Fsp3) is 0.650. The van der Waals surface area contributed by atoms with Gasteiger partial charge in [-0.1, -0.05) is 30.3 Å². The van der Waals surface area contributed by atoms with Crippen LogP contribution in [0.3, 0.4) is 0 Å². The lowest BCUT2D eigenvalue weighted by Gasteiger charge is -2.24. The third kappa shape index (κ3) is 7.45. The molecule has 2 rings (SSSR count). The van der Waals surface area contributed by atoms with Crippen molar-refractivity contribution in [2.75, 3.05) is 39.8 Å². The monoisotopic (exact) mass is 346 g/mol. The van der Waals surface area contributed by atoms with Crippen LogP contribution in [0.5, 0.6) is 0 Å². The molecule has 0 aliphatic carbocycles. The minimum atomic E-state index is 0.153. The highest BCUT2D eigenvalue weighted by atomic mass is 16.5. The number of nitrogens with one attached hydrogen (secondary N) is 2. The average Bonchev–Trinajstić information content (AvgIpc) is 3.03. The highest BCUT2D eigenvalue weighted by Gasteiger charge is 2.24. The number of likely N-dealkylation sites (tertiary alicyclic amines) is 1. The normalized spacial score (nSPS) is 18.6. The molecule has 0 bridgehead atoms. The fourth-order valence-electron chi connectivity index (χ4n) is 3.02. The van der Waals surface area contributed by atoms with Gasteiger partial charge >= 0.3 is 0 Å². The van der Waals surface area contributed by atoms with Crippen LogP contribution in [0.25, 0.3) is 0 Å². The number of rotatable bonds is 7. The van der Waals surface area contributed by atoms with Gasteiger partial charge in [-0.25, -0.2) is 0 Å². The quantitative estimate of drug-likeness (QED) is 0.452. The van der Waals surface area contributed by atoms with Crippen molar-refractivity contribution in [3.8, 4) is 0 Å². The first kappa shape index (κ1) is 19.7. The van der Waals surface area contributed by atoms with Gasteiger partial charge in [-0.15, -0.1) is 0 Å². The molecular weight excluding hydrogens is 312 g/mol. The van der Waals surface area contributed by atoms with Crippen LogP contribution in [-0.4, -0.2) is 56.2 Å². The molecule has 140 valence electrons. The van der Waals surface area contributed by atoms with Crippen molar-refractivity contribution in [3.63, 3.8) is 0 Å². The van der Waals surface area contributed by atoms with E-state index < -0.39 is 0 Å². The Bertz CT molecular complexity index is 524. The Kier molecular flexibility index (Phi) is 7.72. The second kappa shape index (κ2) is 9.78. The third-order valence-corrected chi connectivity index (χ3v) is 4.33. The second-order valence-electron chi connectivity index (χ2n) is 7.75. The Hall–Kier alpha value is -1.59. The standard InChI is InChI=1S/C20H34N4O/c1-20(2,3)23-12-11-22-19(21-4)24-13-10-18(14-24)16-25-15-17-8-6-5-7-9-17/h5-9,18,23H,10-16H2,1-4H3,(H,21,22). The van der Waals surface area contributed by atoms with E-state index in [9.17, 15) is 0 Å². The van der Waals surface area contributed by atoms with Crippen molar-refractivity contribution in [3.05, 3.63) is 35.9 Å². The summed E-state index contributed by atoms with van der Waals surface area (Å²) in [4.78, 5) is 6.77. The van der Waals surface area contributed by atoms with Gasteiger partial charge < -0.3 is 20.3 Å². The maximum Gasteiger partial charge on any atom is 0.193 e. The lowest BCUT2D eigenvalue weighted by molar-refractivity contribution is 0.0907. The number of hydrogen-bond acceptors (Lipinski definition) is 3. The van der Waals surface area contributed by atoms with Gasteiger partial charge in [0.15, 0.2) is 5.96 Å². The van der Waals surface area contributed by atoms with Crippen LogP contribution in [0.1, 0.15) is 32.8 Å². The molecule has 0 saturated carbocycles. The van der Waals surface area contributed by atoms with Gasteiger partial charge in [0.2, 0.25) is 0 Å². The van der Waals surface area contributed by atoms with Crippen molar-refractivity contribution in [1.29, 1.82) is 0 Å². The second-order valence-corrected chi connectivity index (χ2v) is 7.75. The highest BCUT2D eigenvalue weighted by Crippen LogP contribution is 2.17. The summed E-state index contributed by atoms with van der Waals surface area (Å²) >= 11 is 0. The van der Waals surface area contributed by atoms with Gasteiger partial charge in [-0.05, 0) is 32.8 Å². The number of aliphatic imine (C=N–C) groups is 1. The molecule has 0 aromatic heterocycles.